The summed E-state index contributed by atoms with van der Waals surface area (Å²) in [5.41, 5.74) is 0.727. The average molecular weight is 257 g/mol. The lowest BCUT2D eigenvalue weighted by atomic mass is 9.83. The molecule has 0 aromatic heterocycles. The van der Waals surface area contributed by atoms with Gasteiger partial charge in [0.1, 0.15) is 5.75 Å². The summed E-state index contributed by atoms with van der Waals surface area (Å²) in [5.74, 6) is -1.74. The molecule has 1 rings (SSSR count). The highest BCUT2D eigenvalue weighted by Crippen LogP contribution is 2.38. The first kappa shape index (κ1) is 13.8. The molecular weight excluding hydrogens is 240 g/mol. The molecule has 0 aliphatic carbocycles. The number of hydrogen-bond acceptors (Lipinski definition) is 2. The van der Waals surface area contributed by atoms with E-state index in [1.807, 2.05) is 20.8 Å². The van der Waals surface area contributed by atoms with Crippen LogP contribution in [-0.4, -0.2) is 16.2 Å². The van der Waals surface area contributed by atoms with E-state index < -0.39 is 11.9 Å². The molecule has 0 amide bonds. The predicted molar refractivity (Wildman–Crippen MR) is 67.9 cm³/mol. The summed E-state index contributed by atoms with van der Waals surface area (Å²) in [6.07, 6.45) is 0. The number of carbonyl (C=O) groups is 1. The molecule has 1 aromatic rings. The minimum Gasteiger partial charge on any atom is -0.507 e. The van der Waals surface area contributed by atoms with E-state index in [4.69, 9.17) is 16.7 Å². The van der Waals surface area contributed by atoms with Crippen molar-refractivity contribution in [1.29, 1.82) is 0 Å². The van der Waals surface area contributed by atoms with E-state index in [1.165, 1.54) is 13.0 Å². The standard InChI is InChI=1S/C13H17ClO3/c1-7(12(16)17)9-5-8(14)6-10(11(9)15)13(2,3)4/h5-7,15H,1-4H3,(H,16,17). The summed E-state index contributed by atoms with van der Waals surface area (Å²) in [7, 11) is 0. The molecule has 0 radical (unpaired) electrons. The number of aliphatic carboxylic acids is 1. The third-order valence-electron chi connectivity index (χ3n) is 2.75. The molecule has 17 heavy (non-hydrogen) atoms. The molecule has 1 aromatic carbocycles. The maximum Gasteiger partial charge on any atom is 0.310 e. The monoisotopic (exact) mass is 256 g/mol. The van der Waals surface area contributed by atoms with Gasteiger partial charge in [-0.15, -0.1) is 0 Å². The van der Waals surface area contributed by atoms with Crippen LogP contribution in [0.2, 0.25) is 5.02 Å². The quantitative estimate of drug-likeness (QED) is 0.851. The summed E-state index contributed by atoms with van der Waals surface area (Å²) in [5, 5.41) is 19.6. The highest BCUT2D eigenvalue weighted by atomic mass is 35.5. The first-order chi connectivity index (χ1) is 7.64. The summed E-state index contributed by atoms with van der Waals surface area (Å²) in [4.78, 5) is 11.0. The summed E-state index contributed by atoms with van der Waals surface area (Å²) < 4.78 is 0. The third kappa shape index (κ3) is 2.91. The molecule has 0 saturated heterocycles. The number of carboxylic acids is 1. The van der Waals surface area contributed by atoms with Gasteiger partial charge < -0.3 is 10.2 Å². The molecule has 0 fully saturated rings. The van der Waals surface area contributed by atoms with Crippen molar-refractivity contribution in [2.24, 2.45) is 0 Å². The normalized spacial score (nSPS) is 13.5. The largest absolute Gasteiger partial charge is 0.507 e. The lowest BCUT2D eigenvalue weighted by molar-refractivity contribution is -0.138. The fraction of sp³-hybridized carbons (Fsp3) is 0.462. The second kappa shape index (κ2) is 4.57. The highest BCUT2D eigenvalue weighted by Gasteiger charge is 2.25. The van der Waals surface area contributed by atoms with Crippen molar-refractivity contribution in [1.82, 2.24) is 0 Å². The Morgan fingerprint density at radius 1 is 1.35 bits per heavy atom. The van der Waals surface area contributed by atoms with E-state index >= 15 is 0 Å². The van der Waals surface area contributed by atoms with Crippen LogP contribution in [0, 0.1) is 0 Å². The van der Waals surface area contributed by atoms with E-state index in [0.29, 0.717) is 16.1 Å². The smallest absolute Gasteiger partial charge is 0.310 e. The van der Waals surface area contributed by atoms with E-state index in [-0.39, 0.29) is 11.2 Å². The van der Waals surface area contributed by atoms with E-state index in [2.05, 4.69) is 0 Å². The van der Waals surface area contributed by atoms with Gasteiger partial charge in [0.2, 0.25) is 0 Å². The summed E-state index contributed by atoms with van der Waals surface area (Å²) in [6, 6.07) is 3.18. The Morgan fingerprint density at radius 3 is 2.29 bits per heavy atom. The molecule has 0 spiro atoms. The van der Waals surface area contributed by atoms with Crippen molar-refractivity contribution >= 4 is 17.6 Å². The van der Waals surface area contributed by atoms with Crippen LogP contribution in [-0.2, 0) is 10.2 Å². The molecule has 0 heterocycles. The summed E-state index contributed by atoms with van der Waals surface area (Å²) >= 11 is 5.97. The van der Waals surface area contributed by atoms with Crippen LogP contribution in [0.5, 0.6) is 5.75 Å². The van der Waals surface area contributed by atoms with Gasteiger partial charge in [-0.1, -0.05) is 32.4 Å². The Kier molecular flexibility index (Phi) is 3.72. The number of carboxylic acid groups (broad SMARTS) is 1. The van der Waals surface area contributed by atoms with Crippen molar-refractivity contribution in [3.05, 3.63) is 28.3 Å². The number of rotatable bonds is 2. The number of phenolic OH excluding ortho intramolecular Hbond substituents is 1. The summed E-state index contributed by atoms with van der Waals surface area (Å²) in [6.45, 7) is 7.34. The van der Waals surface area contributed by atoms with Crippen molar-refractivity contribution < 1.29 is 15.0 Å². The Hall–Kier alpha value is -1.22. The van der Waals surface area contributed by atoms with Gasteiger partial charge in [0, 0.05) is 16.1 Å². The number of aromatic hydroxyl groups is 1. The Bertz CT molecular complexity index is 447. The van der Waals surface area contributed by atoms with Crippen LogP contribution in [0.4, 0.5) is 0 Å². The molecular formula is C13H17ClO3. The second-order valence-electron chi connectivity index (χ2n) is 5.20. The molecule has 0 aliphatic rings. The van der Waals surface area contributed by atoms with Gasteiger partial charge in [0.05, 0.1) is 5.92 Å². The van der Waals surface area contributed by atoms with Gasteiger partial charge in [-0.3, -0.25) is 4.79 Å². The number of phenols is 1. The molecule has 1 unspecified atom stereocenters. The lowest BCUT2D eigenvalue weighted by Crippen LogP contribution is -2.14. The van der Waals surface area contributed by atoms with Crippen LogP contribution in [0.15, 0.2) is 12.1 Å². The van der Waals surface area contributed by atoms with E-state index in [0.717, 1.165) is 0 Å². The van der Waals surface area contributed by atoms with Gasteiger partial charge in [0.15, 0.2) is 0 Å². The molecule has 1 atom stereocenters. The Morgan fingerprint density at radius 2 is 1.88 bits per heavy atom. The molecule has 2 N–H and O–H groups in total. The second-order valence-corrected chi connectivity index (χ2v) is 5.64. The zero-order valence-electron chi connectivity index (χ0n) is 10.4. The average Bonchev–Trinajstić information content (AvgIpc) is 2.18. The van der Waals surface area contributed by atoms with Crippen molar-refractivity contribution in [2.45, 2.75) is 39.0 Å². The lowest BCUT2D eigenvalue weighted by Gasteiger charge is -2.23. The van der Waals surface area contributed by atoms with Crippen LogP contribution in [0.3, 0.4) is 0 Å². The van der Waals surface area contributed by atoms with Gasteiger partial charge in [0.25, 0.3) is 0 Å². The molecule has 0 bridgehead atoms. The maximum absolute atomic E-state index is 11.0. The Labute approximate surface area is 106 Å². The van der Waals surface area contributed by atoms with Gasteiger partial charge in [-0.25, -0.2) is 0 Å². The molecule has 94 valence electrons. The van der Waals surface area contributed by atoms with E-state index in [9.17, 15) is 9.90 Å². The number of hydrogen-bond donors (Lipinski definition) is 2. The van der Waals surface area contributed by atoms with Crippen molar-refractivity contribution in [2.75, 3.05) is 0 Å². The molecule has 0 aliphatic heterocycles. The fourth-order valence-electron chi connectivity index (χ4n) is 1.66. The predicted octanol–water partition coefficient (Wildman–Crippen LogP) is 3.53. The minimum atomic E-state index is -0.984. The van der Waals surface area contributed by atoms with Crippen molar-refractivity contribution in [3.63, 3.8) is 0 Å². The topological polar surface area (TPSA) is 57.5 Å². The zero-order chi connectivity index (χ0) is 13.4. The first-order valence-electron chi connectivity index (χ1n) is 5.40. The van der Waals surface area contributed by atoms with Crippen LogP contribution < -0.4 is 0 Å². The number of benzene rings is 1. The third-order valence-corrected chi connectivity index (χ3v) is 2.97. The number of halogens is 1. The first-order valence-corrected chi connectivity index (χ1v) is 5.78. The highest BCUT2D eigenvalue weighted by molar-refractivity contribution is 6.30. The van der Waals surface area contributed by atoms with Gasteiger partial charge in [-0.2, -0.15) is 0 Å². The molecule has 3 nitrogen and oxygen atoms in total. The molecule has 0 saturated carbocycles. The van der Waals surface area contributed by atoms with E-state index in [1.54, 1.807) is 6.07 Å². The maximum atomic E-state index is 11.0. The SMILES string of the molecule is CC(C(=O)O)c1cc(Cl)cc(C(C)(C)C)c1O. The van der Waals surface area contributed by atoms with Gasteiger partial charge in [-0.05, 0) is 24.5 Å². The zero-order valence-corrected chi connectivity index (χ0v) is 11.2. The minimum absolute atomic E-state index is 0.0248. The van der Waals surface area contributed by atoms with Crippen LogP contribution in [0.25, 0.3) is 0 Å². The Balaban J connectivity index is 3.44. The molecule has 4 heteroatoms. The van der Waals surface area contributed by atoms with Crippen molar-refractivity contribution in [3.8, 4) is 5.75 Å². The van der Waals surface area contributed by atoms with Gasteiger partial charge >= 0.3 is 5.97 Å². The van der Waals surface area contributed by atoms with Crippen LogP contribution in [0.1, 0.15) is 44.7 Å². The fourth-order valence-corrected chi connectivity index (χ4v) is 1.88. The van der Waals surface area contributed by atoms with Crippen LogP contribution >= 0.6 is 11.6 Å².